The van der Waals surface area contributed by atoms with Crippen LogP contribution < -0.4 is 10.6 Å². The first-order valence-corrected chi connectivity index (χ1v) is 6.56. The van der Waals surface area contributed by atoms with Crippen LogP contribution in [0.1, 0.15) is 30.0 Å². The van der Waals surface area contributed by atoms with E-state index in [4.69, 9.17) is 5.11 Å². The molecule has 0 radical (unpaired) electrons. The third kappa shape index (κ3) is 6.51. The topological polar surface area (TPSA) is 108 Å². The Hall–Kier alpha value is -1.96. The van der Waals surface area contributed by atoms with Gasteiger partial charge in [0, 0.05) is 23.9 Å². The number of hydrogen-bond acceptors (Lipinski definition) is 5. The number of carbonyl (C=O) groups is 3. The Balaban J connectivity index is 2.19. The molecule has 19 heavy (non-hydrogen) atoms. The van der Waals surface area contributed by atoms with Crippen LogP contribution >= 0.6 is 11.3 Å². The van der Waals surface area contributed by atoms with Crippen LogP contribution in [0.4, 0.5) is 4.79 Å². The first-order chi connectivity index (χ1) is 8.97. The summed E-state index contributed by atoms with van der Waals surface area (Å²) in [6, 6.07) is -0.604. The molecule has 104 valence electrons. The average molecular weight is 285 g/mol. The van der Waals surface area contributed by atoms with Crippen molar-refractivity contribution in [2.45, 2.75) is 32.7 Å². The maximum Gasteiger partial charge on any atom is 0.321 e. The Morgan fingerprint density at radius 2 is 2.11 bits per heavy atom. The first kappa shape index (κ1) is 15.1. The van der Waals surface area contributed by atoms with Crippen molar-refractivity contribution in [3.8, 4) is 0 Å². The van der Waals surface area contributed by atoms with Gasteiger partial charge in [0.2, 0.25) is 5.91 Å². The summed E-state index contributed by atoms with van der Waals surface area (Å²) in [5.74, 6) is -1.45. The highest BCUT2D eigenvalue weighted by Crippen LogP contribution is 2.07. The summed E-state index contributed by atoms with van der Waals surface area (Å²) in [6.45, 7) is 2.11. The summed E-state index contributed by atoms with van der Waals surface area (Å²) in [6.07, 6.45) is 0.129. The number of aliphatic carboxylic acids is 1. The second-order valence-corrected chi connectivity index (χ2v) is 4.80. The summed E-state index contributed by atoms with van der Waals surface area (Å²) >= 11 is 1.42. The average Bonchev–Trinajstić information content (AvgIpc) is 2.72. The van der Waals surface area contributed by atoms with Gasteiger partial charge in [0.05, 0.1) is 6.54 Å². The van der Waals surface area contributed by atoms with E-state index in [-0.39, 0.29) is 25.8 Å². The quantitative estimate of drug-likeness (QED) is 0.723. The van der Waals surface area contributed by atoms with Gasteiger partial charge in [0.1, 0.15) is 5.01 Å². The predicted octanol–water partition coefficient (Wildman–Crippen LogP) is 1.03. The second-order valence-electron chi connectivity index (χ2n) is 3.86. The normalized spacial score (nSPS) is 9.95. The molecule has 0 bridgehead atoms. The Morgan fingerprint density at radius 3 is 2.68 bits per heavy atom. The Morgan fingerprint density at radius 1 is 1.37 bits per heavy atom. The maximum absolute atomic E-state index is 11.3. The van der Waals surface area contributed by atoms with E-state index in [0.29, 0.717) is 0 Å². The number of rotatable bonds is 6. The molecule has 3 amide bonds. The number of aromatic nitrogens is 1. The largest absolute Gasteiger partial charge is 0.481 e. The van der Waals surface area contributed by atoms with Crippen molar-refractivity contribution in [3.63, 3.8) is 0 Å². The number of imide groups is 1. The van der Waals surface area contributed by atoms with Gasteiger partial charge < -0.3 is 10.4 Å². The lowest BCUT2D eigenvalue weighted by Gasteiger charge is -2.04. The van der Waals surface area contributed by atoms with Crippen LogP contribution in [0, 0.1) is 6.92 Å². The maximum atomic E-state index is 11.3. The lowest BCUT2D eigenvalue weighted by Crippen LogP contribution is -2.39. The first-order valence-electron chi connectivity index (χ1n) is 5.68. The third-order valence-electron chi connectivity index (χ3n) is 2.11. The van der Waals surface area contributed by atoms with E-state index in [0.717, 1.165) is 10.7 Å². The molecule has 8 heteroatoms. The number of amides is 3. The van der Waals surface area contributed by atoms with Crippen molar-refractivity contribution in [2.75, 3.05) is 0 Å². The van der Waals surface area contributed by atoms with Crippen molar-refractivity contribution in [1.29, 1.82) is 0 Å². The van der Waals surface area contributed by atoms with E-state index in [9.17, 15) is 14.4 Å². The van der Waals surface area contributed by atoms with Crippen molar-refractivity contribution in [1.82, 2.24) is 15.6 Å². The molecule has 0 aliphatic rings. The number of nitrogens with one attached hydrogen (secondary N) is 2. The fraction of sp³-hybridized carbons (Fsp3) is 0.455. The number of hydrogen-bond donors (Lipinski definition) is 3. The van der Waals surface area contributed by atoms with Crippen LogP contribution in [-0.2, 0) is 16.1 Å². The van der Waals surface area contributed by atoms with E-state index in [2.05, 4.69) is 15.6 Å². The minimum atomic E-state index is -0.962. The Labute approximate surface area is 114 Å². The molecule has 1 rings (SSSR count). The predicted molar refractivity (Wildman–Crippen MR) is 68.7 cm³/mol. The molecule has 1 heterocycles. The number of urea groups is 1. The minimum absolute atomic E-state index is 0.0100. The third-order valence-corrected chi connectivity index (χ3v) is 3.08. The number of carboxylic acids is 1. The van der Waals surface area contributed by atoms with Crippen molar-refractivity contribution in [3.05, 3.63) is 16.1 Å². The molecule has 0 fully saturated rings. The molecule has 0 saturated heterocycles. The zero-order valence-corrected chi connectivity index (χ0v) is 11.2. The number of nitrogens with zero attached hydrogens (tertiary/aromatic N) is 1. The highest BCUT2D eigenvalue weighted by Gasteiger charge is 2.09. The van der Waals surface area contributed by atoms with Gasteiger partial charge in [0.15, 0.2) is 0 Å². The van der Waals surface area contributed by atoms with E-state index in [1.165, 1.54) is 11.3 Å². The Bertz CT molecular complexity index is 472. The van der Waals surface area contributed by atoms with E-state index in [1.54, 1.807) is 0 Å². The highest BCUT2D eigenvalue weighted by molar-refractivity contribution is 7.09. The summed E-state index contributed by atoms with van der Waals surface area (Å²) in [5, 5.41) is 15.7. The molecule has 7 nitrogen and oxygen atoms in total. The zero-order chi connectivity index (χ0) is 14.3. The summed E-state index contributed by atoms with van der Waals surface area (Å²) in [4.78, 5) is 37.0. The summed E-state index contributed by atoms with van der Waals surface area (Å²) in [5.41, 5.74) is 0.881. The van der Waals surface area contributed by atoms with Gasteiger partial charge in [-0.2, -0.15) is 0 Å². The fourth-order valence-electron chi connectivity index (χ4n) is 1.27. The molecule has 0 saturated carbocycles. The van der Waals surface area contributed by atoms with Gasteiger partial charge in [-0.05, 0) is 13.3 Å². The van der Waals surface area contributed by atoms with Gasteiger partial charge >= 0.3 is 12.0 Å². The standard InChI is InChI=1S/C11H15N3O4S/c1-7-6-19-9(13-7)5-12-11(18)14-8(15)3-2-4-10(16)17/h6H,2-5H2,1H3,(H,16,17)(H2,12,14,15,18). The van der Waals surface area contributed by atoms with Crippen LogP contribution in [0.3, 0.4) is 0 Å². The van der Waals surface area contributed by atoms with Gasteiger partial charge in [-0.25, -0.2) is 9.78 Å². The second kappa shape index (κ2) is 7.47. The van der Waals surface area contributed by atoms with Crippen molar-refractivity contribution in [2.24, 2.45) is 0 Å². The number of aryl methyl sites for hydroxylation is 1. The monoisotopic (exact) mass is 285 g/mol. The molecule has 3 N–H and O–H groups in total. The van der Waals surface area contributed by atoms with Crippen LogP contribution in [0.2, 0.25) is 0 Å². The van der Waals surface area contributed by atoms with Crippen molar-refractivity contribution >= 4 is 29.2 Å². The fourth-order valence-corrected chi connectivity index (χ4v) is 1.98. The molecule has 1 aromatic rings. The molecule has 0 atom stereocenters. The van der Waals surface area contributed by atoms with E-state index in [1.807, 2.05) is 12.3 Å². The van der Waals surface area contributed by atoms with E-state index < -0.39 is 17.9 Å². The summed E-state index contributed by atoms with van der Waals surface area (Å²) < 4.78 is 0. The van der Waals surface area contributed by atoms with Crippen molar-refractivity contribution < 1.29 is 19.5 Å². The SMILES string of the molecule is Cc1csc(CNC(=O)NC(=O)CCCC(=O)O)n1. The highest BCUT2D eigenvalue weighted by atomic mass is 32.1. The molecule has 0 aromatic carbocycles. The van der Waals surface area contributed by atoms with Gasteiger partial charge in [0.25, 0.3) is 0 Å². The van der Waals surface area contributed by atoms with E-state index >= 15 is 0 Å². The minimum Gasteiger partial charge on any atom is -0.481 e. The van der Waals surface area contributed by atoms with Crippen LogP contribution in [0.25, 0.3) is 0 Å². The Kier molecular flexibility index (Phi) is 5.94. The molecule has 0 aliphatic heterocycles. The van der Waals surface area contributed by atoms with Crippen LogP contribution in [0.15, 0.2) is 5.38 Å². The van der Waals surface area contributed by atoms with Gasteiger partial charge in [-0.3, -0.25) is 14.9 Å². The molecule has 1 aromatic heterocycles. The molecule has 0 aliphatic carbocycles. The smallest absolute Gasteiger partial charge is 0.321 e. The molecule has 0 unspecified atom stereocenters. The zero-order valence-electron chi connectivity index (χ0n) is 10.4. The molecular weight excluding hydrogens is 270 g/mol. The summed E-state index contributed by atoms with van der Waals surface area (Å²) in [7, 11) is 0. The lowest BCUT2D eigenvalue weighted by atomic mass is 10.2. The van der Waals surface area contributed by atoms with Crippen LogP contribution in [0.5, 0.6) is 0 Å². The number of carbonyl (C=O) groups excluding carboxylic acids is 2. The number of carboxylic acid groups (broad SMARTS) is 1. The van der Waals surface area contributed by atoms with Gasteiger partial charge in [-0.15, -0.1) is 11.3 Å². The molecular formula is C11H15N3O4S. The van der Waals surface area contributed by atoms with Gasteiger partial charge in [-0.1, -0.05) is 0 Å². The number of thiazole rings is 1. The van der Waals surface area contributed by atoms with Crippen LogP contribution in [-0.4, -0.2) is 28.0 Å². The lowest BCUT2D eigenvalue weighted by molar-refractivity contribution is -0.137. The molecule has 0 spiro atoms.